The monoisotopic (exact) mass is 344 g/mol. The van der Waals surface area contributed by atoms with Crippen LogP contribution in [-0.4, -0.2) is 32.5 Å². The minimum atomic E-state index is -5.03. The van der Waals surface area contributed by atoms with Crippen molar-refractivity contribution in [1.82, 2.24) is 0 Å². The molecule has 0 radical (unpaired) electrons. The second-order valence-corrected chi connectivity index (χ2v) is 4.07. The number of nitrogens with one attached hydrogen (secondary N) is 1. The summed E-state index contributed by atoms with van der Waals surface area (Å²) in [6.45, 7) is 0. The van der Waals surface area contributed by atoms with Crippen molar-refractivity contribution < 1.29 is 37.0 Å². The van der Waals surface area contributed by atoms with Gasteiger partial charge in [0.1, 0.15) is 5.70 Å². The van der Waals surface area contributed by atoms with E-state index in [0.717, 1.165) is 26.4 Å². The van der Waals surface area contributed by atoms with Gasteiger partial charge in [0.25, 0.3) is 0 Å². The summed E-state index contributed by atoms with van der Waals surface area (Å²) in [6, 6.07) is 4.75. The quantitative estimate of drug-likeness (QED) is 0.645. The summed E-state index contributed by atoms with van der Waals surface area (Å²) in [6.07, 6.45) is -4.33. The number of hydrogen-bond donors (Lipinski definition) is 1. The number of carbonyl (C=O) groups excluding carboxylic acids is 2. The molecule has 24 heavy (non-hydrogen) atoms. The molecule has 1 rings (SSSR count). The van der Waals surface area contributed by atoms with Gasteiger partial charge in [-0.15, -0.1) is 13.2 Å². The van der Waals surface area contributed by atoms with Crippen LogP contribution >= 0.6 is 0 Å². The molecule has 0 saturated carbocycles. The smallest absolute Gasteiger partial charge is 0.466 e. The molecule has 0 aliphatic heterocycles. The lowest BCUT2D eigenvalue weighted by Crippen LogP contribution is -2.20. The van der Waals surface area contributed by atoms with Crippen molar-refractivity contribution in [2.75, 3.05) is 19.5 Å². The zero-order valence-corrected chi connectivity index (χ0v) is 12.4. The van der Waals surface area contributed by atoms with Crippen LogP contribution in [0.25, 0.3) is 0 Å². The van der Waals surface area contributed by atoms with E-state index in [2.05, 4.69) is 19.5 Å². The number of nitriles is 1. The predicted octanol–water partition coefficient (Wildman–Crippen LogP) is 2.10. The Morgan fingerprint density at radius 2 is 1.92 bits per heavy atom. The summed E-state index contributed by atoms with van der Waals surface area (Å²) < 4.78 is 50.0. The van der Waals surface area contributed by atoms with Gasteiger partial charge in [0.15, 0.2) is 5.75 Å². The molecule has 0 bridgehead atoms. The van der Waals surface area contributed by atoms with E-state index in [9.17, 15) is 22.8 Å². The van der Waals surface area contributed by atoms with E-state index in [1.807, 2.05) is 0 Å². The predicted molar refractivity (Wildman–Crippen MR) is 73.6 cm³/mol. The van der Waals surface area contributed by atoms with Crippen LogP contribution in [0.1, 0.15) is 5.56 Å². The Bertz CT molecular complexity index is 707. The highest BCUT2D eigenvalue weighted by atomic mass is 19.4. The first-order chi connectivity index (χ1) is 11.2. The Hall–Kier alpha value is -3.22. The van der Waals surface area contributed by atoms with Crippen molar-refractivity contribution in [3.63, 3.8) is 0 Å². The molecule has 10 heteroatoms. The number of anilines is 1. The number of hydrogen-bond acceptors (Lipinski definition) is 7. The summed E-state index contributed by atoms with van der Waals surface area (Å²) in [5.74, 6) is -2.72. The summed E-state index contributed by atoms with van der Waals surface area (Å²) in [4.78, 5) is 22.9. The van der Waals surface area contributed by atoms with Crippen molar-refractivity contribution in [2.24, 2.45) is 0 Å². The average molecular weight is 344 g/mol. The number of ether oxygens (including phenoxy) is 3. The fourth-order valence-corrected chi connectivity index (χ4v) is 1.48. The summed E-state index contributed by atoms with van der Waals surface area (Å²) >= 11 is 0. The van der Waals surface area contributed by atoms with Crippen LogP contribution in [0.15, 0.2) is 30.0 Å². The normalized spacial score (nSPS) is 11.2. The minimum Gasteiger partial charge on any atom is -0.466 e. The van der Waals surface area contributed by atoms with Crippen LogP contribution in [0.5, 0.6) is 5.75 Å². The summed E-state index contributed by atoms with van der Waals surface area (Å²) in [5.41, 5.74) is -0.899. The van der Waals surface area contributed by atoms with Gasteiger partial charge in [-0.2, -0.15) is 5.26 Å². The SMILES string of the molecule is COC(=O)/C=C(/Nc1ccc(C#N)cc1OC(F)(F)F)C(=O)OC. The Kier molecular flexibility index (Phi) is 6.17. The van der Waals surface area contributed by atoms with Crippen LogP contribution in [0.3, 0.4) is 0 Å². The fraction of sp³-hybridized carbons (Fsp3) is 0.214. The highest BCUT2D eigenvalue weighted by molar-refractivity contribution is 5.99. The molecule has 0 unspecified atom stereocenters. The molecule has 0 aliphatic rings. The van der Waals surface area contributed by atoms with Crippen LogP contribution < -0.4 is 10.1 Å². The van der Waals surface area contributed by atoms with Gasteiger partial charge in [0, 0.05) is 6.07 Å². The van der Waals surface area contributed by atoms with Gasteiger partial charge in [-0.1, -0.05) is 0 Å². The maximum absolute atomic E-state index is 12.5. The average Bonchev–Trinajstić information content (AvgIpc) is 2.53. The Morgan fingerprint density at radius 3 is 2.42 bits per heavy atom. The molecule has 0 spiro atoms. The molecule has 1 aromatic carbocycles. The Labute approximate surface area is 134 Å². The number of esters is 2. The molecule has 1 aromatic rings. The number of rotatable bonds is 5. The lowest BCUT2D eigenvalue weighted by atomic mass is 10.2. The molecule has 0 fully saturated rings. The first-order valence-electron chi connectivity index (χ1n) is 6.15. The summed E-state index contributed by atoms with van der Waals surface area (Å²) in [7, 11) is 2.06. The molecular weight excluding hydrogens is 333 g/mol. The van der Waals surface area contributed by atoms with Gasteiger partial charge in [0.05, 0.1) is 37.6 Å². The fourth-order valence-electron chi connectivity index (χ4n) is 1.48. The van der Waals surface area contributed by atoms with Crippen molar-refractivity contribution in [3.05, 3.63) is 35.5 Å². The van der Waals surface area contributed by atoms with Gasteiger partial charge < -0.3 is 19.5 Å². The molecule has 0 aromatic heterocycles. The third kappa shape index (κ3) is 5.53. The topological polar surface area (TPSA) is 97.6 Å². The number of benzene rings is 1. The van der Waals surface area contributed by atoms with Gasteiger partial charge >= 0.3 is 18.3 Å². The van der Waals surface area contributed by atoms with Gasteiger partial charge in [-0.05, 0) is 12.1 Å². The first kappa shape index (κ1) is 18.8. The van der Waals surface area contributed by atoms with Gasteiger partial charge in [-0.25, -0.2) is 9.59 Å². The van der Waals surface area contributed by atoms with Crippen molar-refractivity contribution in [1.29, 1.82) is 5.26 Å². The number of methoxy groups -OCH3 is 2. The second-order valence-electron chi connectivity index (χ2n) is 4.07. The van der Waals surface area contributed by atoms with Crippen LogP contribution in [0.4, 0.5) is 18.9 Å². The third-order valence-electron chi connectivity index (χ3n) is 2.47. The third-order valence-corrected chi connectivity index (χ3v) is 2.47. The van der Waals surface area contributed by atoms with Gasteiger partial charge in [0.2, 0.25) is 0 Å². The molecular formula is C14H11F3N2O5. The number of carbonyl (C=O) groups is 2. The lowest BCUT2D eigenvalue weighted by Gasteiger charge is -2.15. The number of alkyl halides is 3. The summed E-state index contributed by atoms with van der Waals surface area (Å²) in [5, 5.41) is 11.0. The molecule has 7 nitrogen and oxygen atoms in total. The number of nitrogens with zero attached hydrogens (tertiary/aromatic N) is 1. The Morgan fingerprint density at radius 1 is 1.25 bits per heavy atom. The molecule has 0 heterocycles. The molecule has 128 valence electrons. The molecule has 0 saturated heterocycles. The first-order valence-corrected chi connectivity index (χ1v) is 6.15. The number of halogens is 3. The Balaban J connectivity index is 3.28. The van der Waals surface area contributed by atoms with Crippen molar-refractivity contribution >= 4 is 17.6 Å². The van der Waals surface area contributed by atoms with Crippen LogP contribution in [0.2, 0.25) is 0 Å². The zero-order valence-electron chi connectivity index (χ0n) is 12.4. The van der Waals surface area contributed by atoms with E-state index in [1.54, 1.807) is 6.07 Å². The largest absolute Gasteiger partial charge is 0.573 e. The minimum absolute atomic E-state index is 0.101. The van der Waals surface area contributed by atoms with E-state index in [0.29, 0.717) is 6.08 Å². The highest BCUT2D eigenvalue weighted by Crippen LogP contribution is 2.32. The van der Waals surface area contributed by atoms with Crippen LogP contribution in [0, 0.1) is 11.3 Å². The van der Waals surface area contributed by atoms with Crippen molar-refractivity contribution in [2.45, 2.75) is 6.36 Å². The van der Waals surface area contributed by atoms with E-state index in [4.69, 9.17) is 5.26 Å². The van der Waals surface area contributed by atoms with Gasteiger partial charge in [-0.3, -0.25) is 0 Å². The molecule has 1 N–H and O–H groups in total. The molecule has 0 atom stereocenters. The van der Waals surface area contributed by atoms with E-state index < -0.39 is 29.7 Å². The highest BCUT2D eigenvalue weighted by Gasteiger charge is 2.32. The maximum Gasteiger partial charge on any atom is 0.573 e. The van der Waals surface area contributed by atoms with Crippen LogP contribution in [-0.2, 0) is 19.1 Å². The molecule has 0 aliphatic carbocycles. The maximum atomic E-state index is 12.5. The molecule has 0 amide bonds. The standard InChI is InChI=1S/C14H11F3N2O5/c1-22-12(20)6-10(13(21)23-2)19-9-4-3-8(7-18)5-11(9)24-14(15,16)17/h3-6,19H,1-2H3/b10-6+. The van der Waals surface area contributed by atoms with E-state index in [1.165, 1.54) is 6.07 Å². The van der Waals surface area contributed by atoms with Crippen molar-refractivity contribution in [3.8, 4) is 11.8 Å². The zero-order chi connectivity index (χ0) is 18.3. The lowest BCUT2D eigenvalue weighted by molar-refractivity contribution is -0.274. The van der Waals surface area contributed by atoms with E-state index in [-0.39, 0.29) is 11.3 Å². The van der Waals surface area contributed by atoms with E-state index >= 15 is 0 Å². The second kappa shape index (κ2) is 7.87.